The number of hydrogen-bond donors (Lipinski definition) is 0. The van der Waals surface area contributed by atoms with E-state index < -0.39 is 12.7 Å². The SMILES string of the molecule is Cc1cc(C(=O)CSc2nc3ccccc3c(=O)n2[C@@H]2CCC[C@H](C)[C@H]2C)c(C)n1CC(F)(F)F. The van der Waals surface area contributed by atoms with Gasteiger partial charge in [0.25, 0.3) is 5.56 Å². The van der Waals surface area contributed by atoms with Crippen molar-refractivity contribution < 1.29 is 18.0 Å². The van der Waals surface area contributed by atoms with Crippen molar-refractivity contribution in [2.75, 3.05) is 5.75 Å². The highest BCUT2D eigenvalue weighted by atomic mass is 32.2. The van der Waals surface area contributed by atoms with E-state index in [1.807, 2.05) is 12.1 Å². The number of benzene rings is 1. The molecule has 1 aromatic carbocycles. The van der Waals surface area contributed by atoms with Crippen molar-refractivity contribution in [3.63, 3.8) is 0 Å². The van der Waals surface area contributed by atoms with Gasteiger partial charge in [-0.05, 0) is 50.3 Å². The second kappa shape index (κ2) is 9.84. The fourth-order valence-corrected chi connectivity index (χ4v) is 6.09. The van der Waals surface area contributed by atoms with Crippen LogP contribution < -0.4 is 5.56 Å². The van der Waals surface area contributed by atoms with E-state index in [2.05, 4.69) is 13.8 Å². The number of aromatic nitrogens is 3. The van der Waals surface area contributed by atoms with E-state index in [0.29, 0.717) is 33.4 Å². The lowest BCUT2D eigenvalue weighted by atomic mass is 9.78. The van der Waals surface area contributed by atoms with Crippen molar-refractivity contribution >= 4 is 28.4 Å². The van der Waals surface area contributed by atoms with Crippen LogP contribution in [0.5, 0.6) is 0 Å². The zero-order valence-electron chi connectivity index (χ0n) is 20.4. The van der Waals surface area contributed by atoms with Crippen molar-refractivity contribution in [2.45, 2.75) is 70.9 Å². The summed E-state index contributed by atoms with van der Waals surface area (Å²) in [7, 11) is 0. The van der Waals surface area contributed by atoms with Gasteiger partial charge in [-0.25, -0.2) is 4.98 Å². The first-order valence-corrected chi connectivity index (χ1v) is 12.9. The highest BCUT2D eigenvalue weighted by Crippen LogP contribution is 2.39. The average Bonchev–Trinajstić information content (AvgIpc) is 3.07. The quantitative estimate of drug-likeness (QED) is 0.223. The van der Waals surface area contributed by atoms with Crippen LogP contribution in [0, 0.1) is 25.7 Å². The Kier molecular flexibility index (Phi) is 7.18. The molecule has 1 saturated carbocycles. The van der Waals surface area contributed by atoms with Gasteiger partial charge in [0.2, 0.25) is 0 Å². The zero-order valence-corrected chi connectivity index (χ0v) is 21.2. The molecule has 1 aliphatic rings. The summed E-state index contributed by atoms with van der Waals surface area (Å²) in [5, 5.41) is 1.03. The Hall–Kier alpha value is -2.55. The van der Waals surface area contributed by atoms with Crippen molar-refractivity contribution in [1.29, 1.82) is 0 Å². The highest BCUT2D eigenvalue weighted by molar-refractivity contribution is 7.99. The Morgan fingerprint density at radius 2 is 1.89 bits per heavy atom. The Labute approximate surface area is 206 Å². The van der Waals surface area contributed by atoms with E-state index >= 15 is 0 Å². The zero-order chi connectivity index (χ0) is 25.5. The summed E-state index contributed by atoms with van der Waals surface area (Å²) in [6.07, 6.45) is -1.38. The number of para-hydroxylation sites is 1. The molecule has 0 bridgehead atoms. The predicted octanol–water partition coefficient (Wildman–Crippen LogP) is 6.35. The maximum absolute atomic E-state index is 13.6. The molecule has 0 N–H and O–H groups in total. The minimum atomic E-state index is -4.37. The van der Waals surface area contributed by atoms with E-state index in [4.69, 9.17) is 4.98 Å². The molecule has 5 nitrogen and oxygen atoms in total. The number of aryl methyl sites for hydroxylation is 1. The maximum atomic E-state index is 13.6. The Bertz CT molecular complexity index is 1310. The first-order chi connectivity index (χ1) is 16.5. The minimum Gasteiger partial charge on any atom is -0.339 e. The molecule has 35 heavy (non-hydrogen) atoms. The molecule has 9 heteroatoms. The van der Waals surface area contributed by atoms with Crippen LogP contribution in [0.4, 0.5) is 13.2 Å². The number of halogens is 3. The minimum absolute atomic E-state index is 0.0159. The van der Waals surface area contributed by atoms with Crippen LogP contribution in [0.1, 0.15) is 60.9 Å². The monoisotopic (exact) mass is 505 g/mol. The van der Waals surface area contributed by atoms with Gasteiger partial charge in [0, 0.05) is 23.0 Å². The molecule has 3 atom stereocenters. The molecule has 1 aliphatic carbocycles. The van der Waals surface area contributed by atoms with Gasteiger partial charge in [0.15, 0.2) is 10.9 Å². The standard InChI is InChI=1S/C26H30F3N3O2S/c1-15-8-7-11-22(17(15)3)32-24(34)19-9-5-6-10-21(19)30-25(32)35-13-23(33)20-12-16(2)31(18(20)4)14-26(27,28)29/h5-6,9-10,12,15,17,22H,7-8,11,13-14H2,1-4H3/t15-,17+,22+/m0/s1. The van der Waals surface area contributed by atoms with Crippen LogP contribution in [-0.4, -0.2) is 31.8 Å². The summed E-state index contributed by atoms with van der Waals surface area (Å²) >= 11 is 1.18. The highest BCUT2D eigenvalue weighted by Gasteiger charge is 2.32. The van der Waals surface area contributed by atoms with Gasteiger partial charge in [-0.1, -0.05) is 50.6 Å². The normalized spacial score (nSPS) is 20.9. The molecule has 1 fully saturated rings. The number of alkyl halides is 3. The van der Waals surface area contributed by atoms with Crippen LogP contribution >= 0.6 is 11.8 Å². The number of carbonyl (C=O) groups is 1. The van der Waals surface area contributed by atoms with E-state index in [9.17, 15) is 22.8 Å². The molecule has 0 amide bonds. The summed E-state index contributed by atoms with van der Waals surface area (Å²) in [4.78, 5) is 31.4. The first-order valence-electron chi connectivity index (χ1n) is 11.9. The van der Waals surface area contributed by atoms with Gasteiger partial charge in [-0.15, -0.1) is 0 Å². The van der Waals surface area contributed by atoms with Crippen molar-refractivity contribution in [3.8, 4) is 0 Å². The lowest BCUT2D eigenvalue weighted by Gasteiger charge is -2.36. The summed E-state index contributed by atoms with van der Waals surface area (Å²) in [5.41, 5.74) is 1.42. The lowest BCUT2D eigenvalue weighted by molar-refractivity contribution is -0.141. The van der Waals surface area contributed by atoms with Gasteiger partial charge in [-0.3, -0.25) is 14.2 Å². The van der Waals surface area contributed by atoms with Gasteiger partial charge in [0.05, 0.1) is 16.7 Å². The fourth-order valence-electron chi connectivity index (χ4n) is 5.15. The summed E-state index contributed by atoms with van der Waals surface area (Å²) in [5.74, 6) is 0.444. The second-order valence-electron chi connectivity index (χ2n) is 9.62. The Morgan fingerprint density at radius 1 is 1.17 bits per heavy atom. The summed E-state index contributed by atoms with van der Waals surface area (Å²) in [6.45, 7) is 6.33. The van der Waals surface area contributed by atoms with Crippen molar-refractivity contribution in [1.82, 2.24) is 14.1 Å². The number of thioether (sulfide) groups is 1. The molecule has 0 unspecified atom stereocenters. The van der Waals surface area contributed by atoms with Gasteiger partial charge >= 0.3 is 6.18 Å². The molecule has 0 aliphatic heterocycles. The number of Topliss-reactive ketones (excluding diaryl/α,β-unsaturated/α-hetero) is 1. The number of fused-ring (bicyclic) bond motifs is 1. The van der Waals surface area contributed by atoms with E-state index in [1.54, 1.807) is 23.6 Å². The maximum Gasteiger partial charge on any atom is 0.406 e. The molecule has 188 valence electrons. The lowest BCUT2D eigenvalue weighted by Crippen LogP contribution is -2.35. The van der Waals surface area contributed by atoms with Crippen LogP contribution in [-0.2, 0) is 6.54 Å². The molecule has 3 aromatic rings. The van der Waals surface area contributed by atoms with Crippen molar-refractivity contribution in [3.05, 3.63) is 57.6 Å². The number of carbonyl (C=O) groups excluding carboxylic acids is 1. The van der Waals surface area contributed by atoms with Crippen LogP contribution in [0.15, 0.2) is 40.3 Å². The number of nitrogens with zero attached hydrogens (tertiary/aromatic N) is 3. The molecule has 4 rings (SSSR count). The largest absolute Gasteiger partial charge is 0.406 e. The predicted molar refractivity (Wildman–Crippen MR) is 132 cm³/mol. The molecule has 0 radical (unpaired) electrons. The molecular formula is C26H30F3N3O2S. The van der Waals surface area contributed by atoms with E-state index in [1.165, 1.54) is 24.8 Å². The average molecular weight is 506 g/mol. The topological polar surface area (TPSA) is 56.9 Å². The molecule has 0 spiro atoms. The number of ketones is 1. The number of rotatable bonds is 6. The van der Waals surface area contributed by atoms with Gasteiger partial charge in [0.1, 0.15) is 6.54 Å². The van der Waals surface area contributed by atoms with Crippen molar-refractivity contribution in [2.24, 2.45) is 11.8 Å². The summed E-state index contributed by atoms with van der Waals surface area (Å²) in [6, 6.07) is 8.68. The van der Waals surface area contributed by atoms with E-state index in [-0.39, 0.29) is 34.6 Å². The van der Waals surface area contributed by atoms with Crippen LogP contribution in [0.3, 0.4) is 0 Å². The van der Waals surface area contributed by atoms with Crippen LogP contribution in [0.2, 0.25) is 0 Å². The Morgan fingerprint density at radius 3 is 2.60 bits per heavy atom. The van der Waals surface area contributed by atoms with Crippen LogP contribution in [0.25, 0.3) is 10.9 Å². The molecule has 2 heterocycles. The Balaban J connectivity index is 1.67. The smallest absolute Gasteiger partial charge is 0.339 e. The third-order valence-corrected chi connectivity index (χ3v) is 8.27. The molecule has 0 saturated heterocycles. The summed E-state index contributed by atoms with van der Waals surface area (Å²) < 4.78 is 41.8. The third-order valence-electron chi connectivity index (χ3n) is 7.31. The molecular weight excluding hydrogens is 475 g/mol. The van der Waals surface area contributed by atoms with Gasteiger partial charge < -0.3 is 4.57 Å². The van der Waals surface area contributed by atoms with Gasteiger partial charge in [-0.2, -0.15) is 13.2 Å². The fraction of sp³-hybridized carbons (Fsp3) is 0.500. The third kappa shape index (κ3) is 5.20. The molecule has 2 aromatic heterocycles. The van der Waals surface area contributed by atoms with E-state index in [0.717, 1.165) is 23.8 Å². The number of hydrogen-bond acceptors (Lipinski definition) is 4. The second-order valence-corrected chi connectivity index (χ2v) is 10.6. The first kappa shape index (κ1) is 25.5.